The highest BCUT2D eigenvalue weighted by Gasteiger charge is 2.35. The second-order valence-electron chi connectivity index (χ2n) is 5.99. The number of hydrogen-bond acceptors (Lipinski definition) is 4. The molecule has 0 fully saturated rings. The predicted molar refractivity (Wildman–Crippen MR) is 105 cm³/mol. The zero-order chi connectivity index (χ0) is 20.3. The number of thiocarbonyl (C=S) groups is 1. The molecule has 0 bridgehead atoms. The van der Waals surface area contributed by atoms with Crippen molar-refractivity contribution in [2.24, 2.45) is 0 Å². The van der Waals surface area contributed by atoms with E-state index in [0.29, 0.717) is 21.9 Å². The molecule has 0 amide bonds. The first-order valence-electron chi connectivity index (χ1n) is 8.42. The van der Waals surface area contributed by atoms with Gasteiger partial charge in [-0.3, -0.25) is 4.90 Å². The average Bonchev–Trinajstić information content (AvgIpc) is 2.68. The second-order valence-corrected chi connectivity index (χ2v) is 6.38. The van der Waals surface area contributed by atoms with E-state index in [-0.39, 0.29) is 5.75 Å². The zero-order valence-corrected chi connectivity index (χ0v) is 16.0. The number of halogens is 2. The Kier molecular flexibility index (Phi) is 5.89. The van der Waals surface area contributed by atoms with Crippen molar-refractivity contribution < 1.29 is 23.0 Å². The lowest BCUT2D eigenvalue weighted by Gasteiger charge is -2.37. The minimum Gasteiger partial charge on any atom is -0.466 e. The van der Waals surface area contributed by atoms with Gasteiger partial charge in [0.1, 0.15) is 5.75 Å². The van der Waals surface area contributed by atoms with E-state index in [4.69, 9.17) is 17.0 Å². The highest BCUT2D eigenvalue weighted by atomic mass is 32.1. The molecule has 0 aromatic heterocycles. The van der Waals surface area contributed by atoms with Crippen molar-refractivity contribution >= 4 is 29.0 Å². The van der Waals surface area contributed by atoms with Crippen LogP contribution in [0.2, 0.25) is 0 Å². The molecule has 1 atom stereocenters. The summed E-state index contributed by atoms with van der Waals surface area (Å²) in [5, 5.41) is 3.56. The Balaban J connectivity index is 2.03. The molecule has 0 spiro atoms. The van der Waals surface area contributed by atoms with Crippen LogP contribution in [-0.4, -0.2) is 24.8 Å². The fraction of sp³-hybridized carbons (Fsp3) is 0.200. The molecule has 1 N–H and O–H groups in total. The van der Waals surface area contributed by atoms with Gasteiger partial charge in [-0.15, -0.1) is 0 Å². The number of nitrogens with zero attached hydrogens (tertiary/aromatic N) is 1. The van der Waals surface area contributed by atoms with Crippen molar-refractivity contribution in [3.8, 4) is 5.75 Å². The number of hydrogen-bond donors (Lipinski definition) is 1. The van der Waals surface area contributed by atoms with E-state index in [1.165, 1.54) is 19.2 Å². The van der Waals surface area contributed by atoms with Crippen molar-refractivity contribution in [2.75, 3.05) is 12.0 Å². The first-order valence-corrected chi connectivity index (χ1v) is 8.82. The topological polar surface area (TPSA) is 50.8 Å². The van der Waals surface area contributed by atoms with Crippen LogP contribution in [0.5, 0.6) is 5.75 Å². The summed E-state index contributed by atoms with van der Waals surface area (Å²) in [5.41, 5.74) is 2.47. The fourth-order valence-corrected chi connectivity index (χ4v) is 3.46. The van der Waals surface area contributed by atoms with Crippen molar-refractivity contribution in [1.29, 1.82) is 0 Å². The average molecular weight is 404 g/mol. The quantitative estimate of drug-likeness (QED) is 0.596. The molecule has 3 rings (SSSR count). The van der Waals surface area contributed by atoms with E-state index in [1.54, 1.807) is 24.0 Å². The summed E-state index contributed by atoms with van der Waals surface area (Å²) in [5.74, 6) is -0.477. The largest absolute Gasteiger partial charge is 0.466 e. The molecule has 8 heteroatoms. The van der Waals surface area contributed by atoms with Crippen LogP contribution in [0.4, 0.5) is 14.5 Å². The van der Waals surface area contributed by atoms with Crippen LogP contribution in [0.15, 0.2) is 65.9 Å². The van der Waals surface area contributed by atoms with Crippen molar-refractivity contribution in [2.45, 2.75) is 19.6 Å². The molecule has 0 saturated heterocycles. The summed E-state index contributed by atoms with van der Waals surface area (Å²) in [7, 11) is 1.30. The van der Waals surface area contributed by atoms with Gasteiger partial charge in [0, 0.05) is 11.4 Å². The van der Waals surface area contributed by atoms with E-state index in [0.717, 1.165) is 5.69 Å². The number of allylic oxidation sites excluding steroid dienone is 1. The van der Waals surface area contributed by atoms with Gasteiger partial charge in [-0.05, 0) is 49.0 Å². The normalized spacial score (nSPS) is 16.8. The number of ether oxygens (including phenoxy) is 2. The maximum Gasteiger partial charge on any atom is 0.387 e. The van der Waals surface area contributed by atoms with Gasteiger partial charge in [-0.25, -0.2) is 4.79 Å². The molecule has 0 saturated carbocycles. The molecular formula is C20H18F2N2O3S. The van der Waals surface area contributed by atoms with Gasteiger partial charge in [0.25, 0.3) is 0 Å². The Morgan fingerprint density at radius 2 is 1.79 bits per heavy atom. The zero-order valence-electron chi connectivity index (χ0n) is 15.2. The second kappa shape index (κ2) is 8.35. The summed E-state index contributed by atoms with van der Waals surface area (Å²) < 4.78 is 34.1. The molecule has 28 heavy (non-hydrogen) atoms. The molecule has 0 aliphatic carbocycles. The van der Waals surface area contributed by atoms with E-state index in [2.05, 4.69) is 10.1 Å². The van der Waals surface area contributed by atoms with Crippen molar-refractivity contribution in [3.05, 3.63) is 71.4 Å². The van der Waals surface area contributed by atoms with Gasteiger partial charge < -0.3 is 14.8 Å². The number of alkyl halides is 2. The minimum absolute atomic E-state index is 0.0309. The van der Waals surface area contributed by atoms with Crippen LogP contribution >= 0.6 is 12.2 Å². The maximum atomic E-state index is 12.5. The van der Waals surface area contributed by atoms with Gasteiger partial charge in [0.2, 0.25) is 0 Å². The molecule has 0 radical (unpaired) electrons. The van der Waals surface area contributed by atoms with E-state index in [1.807, 2.05) is 30.3 Å². The number of rotatable bonds is 5. The number of esters is 1. The van der Waals surface area contributed by atoms with Gasteiger partial charge in [0.05, 0.1) is 18.7 Å². The Morgan fingerprint density at radius 3 is 2.36 bits per heavy atom. The highest BCUT2D eigenvalue weighted by Crippen LogP contribution is 2.34. The van der Waals surface area contributed by atoms with Crippen LogP contribution in [0.25, 0.3) is 0 Å². The lowest BCUT2D eigenvalue weighted by molar-refractivity contribution is -0.136. The molecule has 2 aromatic rings. The summed E-state index contributed by atoms with van der Waals surface area (Å²) >= 11 is 5.53. The Hall–Kier alpha value is -3.00. The molecule has 146 valence electrons. The summed E-state index contributed by atoms with van der Waals surface area (Å²) in [6, 6.07) is 14.8. The third-order valence-corrected chi connectivity index (χ3v) is 4.64. The molecular weight excluding hydrogens is 386 g/mol. The van der Waals surface area contributed by atoms with Crippen LogP contribution in [0.3, 0.4) is 0 Å². The van der Waals surface area contributed by atoms with Crippen molar-refractivity contribution in [1.82, 2.24) is 5.32 Å². The van der Waals surface area contributed by atoms with Crippen LogP contribution < -0.4 is 15.0 Å². The smallest absolute Gasteiger partial charge is 0.387 e. The number of anilines is 1. The number of benzene rings is 2. The van der Waals surface area contributed by atoms with Crippen LogP contribution in [0, 0.1) is 0 Å². The molecule has 1 unspecified atom stereocenters. The highest BCUT2D eigenvalue weighted by molar-refractivity contribution is 7.80. The van der Waals surface area contributed by atoms with Gasteiger partial charge in [0.15, 0.2) is 5.11 Å². The van der Waals surface area contributed by atoms with E-state index >= 15 is 0 Å². The number of nitrogens with one attached hydrogen (secondary N) is 1. The Morgan fingerprint density at radius 1 is 1.14 bits per heavy atom. The lowest BCUT2D eigenvalue weighted by atomic mass is 9.94. The lowest BCUT2D eigenvalue weighted by Crippen LogP contribution is -2.48. The molecule has 5 nitrogen and oxygen atoms in total. The van der Waals surface area contributed by atoms with E-state index in [9.17, 15) is 13.6 Å². The molecule has 1 aliphatic rings. The van der Waals surface area contributed by atoms with Gasteiger partial charge in [-0.1, -0.05) is 30.3 Å². The summed E-state index contributed by atoms with van der Waals surface area (Å²) in [6.07, 6.45) is 0. The number of carbonyl (C=O) groups is 1. The van der Waals surface area contributed by atoms with Crippen molar-refractivity contribution in [3.63, 3.8) is 0 Å². The minimum atomic E-state index is -2.90. The predicted octanol–water partition coefficient (Wildman–Crippen LogP) is 4.17. The van der Waals surface area contributed by atoms with Gasteiger partial charge in [-0.2, -0.15) is 8.78 Å². The summed E-state index contributed by atoms with van der Waals surface area (Å²) in [6.45, 7) is -1.12. The number of para-hydroxylation sites is 1. The standard InChI is InChI=1S/C20H18F2N2O3S/c1-12-16(18(25)26-2)17(13-8-10-15(11-9-13)27-19(21)22)23-20(28)24(12)14-6-4-3-5-7-14/h3-11,17,19H,1-2H3,(H,23,28). The molecule has 1 aliphatic heterocycles. The molecule has 2 aromatic carbocycles. The number of carbonyl (C=O) groups excluding carboxylic acids is 1. The maximum absolute atomic E-state index is 12.5. The summed E-state index contributed by atoms with van der Waals surface area (Å²) in [4.78, 5) is 14.3. The number of methoxy groups -OCH3 is 1. The monoisotopic (exact) mass is 404 g/mol. The first kappa shape index (κ1) is 19.8. The molecule has 1 heterocycles. The Bertz CT molecular complexity index is 901. The first-order chi connectivity index (χ1) is 13.4. The van der Waals surface area contributed by atoms with Crippen LogP contribution in [-0.2, 0) is 9.53 Å². The Labute approximate surface area is 166 Å². The SMILES string of the molecule is COC(=O)C1=C(C)N(c2ccccc2)C(=S)NC1c1ccc(OC(F)F)cc1. The van der Waals surface area contributed by atoms with E-state index < -0.39 is 18.6 Å². The fourth-order valence-electron chi connectivity index (χ4n) is 3.10. The third-order valence-electron chi connectivity index (χ3n) is 4.34. The third kappa shape index (κ3) is 3.96. The van der Waals surface area contributed by atoms with Crippen LogP contribution in [0.1, 0.15) is 18.5 Å². The van der Waals surface area contributed by atoms with Gasteiger partial charge >= 0.3 is 12.6 Å².